The Labute approximate surface area is 138 Å². The topological polar surface area (TPSA) is 15.3 Å². The third-order valence-corrected chi connectivity index (χ3v) is 5.47. The van der Waals surface area contributed by atoms with Gasteiger partial charge in [0.1, 0.15) is 0 Å². The van der Waals surface area contributed by atoms with E-state index in [-0.39, 0.29) is 0 Å². The van der Waals surface area contributed by atoms with Crippen molar-refractivity contribution in [1.29, 1.82) is 0 Å². The predicted molar refractivity (Wildman–Crippen MR) is 96.6 cm³/mol. The highest BCUT2D eigenvalue weighted by molar-refractivity contribution is 7.97. The van der Waals surface area contributed by atoms with Crippen molar-refractivity contribution in [2.75, 3.05) is 18.4 Å². The molecule has 3 rings (SSSR count). The highest BCUT2D eigenvalue weighted by atomic mass is 32.2. The number of hydrogen-bond acceptors (Lipinski definition) is 3. The van der Waals surface area contributed by atoms with Gasteiger partial charge in [-0.2, -0.15) is 0 Å². The quantitative estimate of drug-likeness (QED) is 0.789. The number of anilines is 1. The second-order valence-electron chi connectivity index (χ2n) is 6.02. The normalized spacial score (nSPS) is 20.0. The third kappa shape index (κ3) is 3.31. The fraction of sp³-hybridized carbons (Fsp3) is 0.368. The molecule has 2 unspecified atom stereocenters. The van der Waals surface area contributed by atoms with Crippen LogP contribution in [0.2, 0.25) is 0 Å². The lowest BCUT2D eigenvalue weighted by atomic mass is 9.95. The summed E-state index contributed by atoms with van der Waals surface area (Å²) in [5.41, 5.74) is 4.13. The van der Waals surface area contributed by atoms with Crippen molar-refractivity contribution in [2.24, 2.45) is 0 Å². The summed E-state index contributed by atoms with van der Waals surface area (Å²) < 4.78 is 2.47. The number of nitrogens with zero attached hydrogens (tertiary/aromatic N) is 1. The standard InChI is InChI=1S/C19H24N2S/c1-4-21(22-16-8-6-5-7-9-16)13-18-15(3)20-19-11-10-14(2)12-17(18)19/h5-12,15,18,20H,4,13H2,1-3H3. The second kappa shape index (κ2) is 6.76. The first-order valence-electron chi connectivity index (χ1n) is 8.02. The van der Waals surface area contributed by atoms with E-state index >= 15 is 0 Å². The Hall–Kier alpha value is -1.45. The maximum Gasteiger partial charge on any atom is 0.0379 e. The number of aryl methyl sites for hydroxylation is 1. The summed E-state index contributed by atoms with van der Waals surface area (Å²) in [6.07, 6.45) is 0. The van der Waals surface area contributed by atoms with Crippen LogP contribution in [0, 0.1) is 6.92 Å². The molecule has 2 atom stereocenters. The fourth-order valence-electron chi connectivity index (χ4n) is 3.07. The first-order valence-corrected chi connectivity index (χ1v) is 8.79. The fourth-order valence-corrected chi connectivity index (χ4v) is 4.01. The summed E-state index contributed by atoms with van der Waals surface area (Å²) in [7, 11) is 0. The predicted octanol–water partition coefficient (Wildman–Crippen LogP) is 4.92. The van der Waals surface area contributed by atoms with Crippen molar-refractivity contribution in [2.45, 2.75) is 37.6 Å². The van der Waals surface area contributed by atoms with Crippen molar-refractivity contribution in [3.05, 3.63) is 59.7 Å². The molecule has 22 heavy (non-hydrogen) atoms. The minimum Gasteiger partial charge on any atom is -0.382 e. The molecule has 0 bridgehead atoms. The van der Waals surface area contributed by atoms with E-state index in [1.54, 1.807) is 0 Å². The number of hydrogen-bond donors (Lipinski definition) is 1. The van der Waals surface area contributed by atoms with Gasteiger partial charge in [-0.25, -0.2) is 4.31 Å². The summed E-state index contributed by atoms with van der Waals surface area (Å²) in [5.74, 6) is 0.547. The van der Waals surface area contributed by atoms with Gasteiger partial charge in [0, 0.05) is 35.6 Å². The van der Waals surface area contributed by atoms with Crippen LogP contribution in [-0.2, 0) is 0 Å². The summed E-state index contributed by atoms with van der Waals surface area (Å²) in [6, 6.07) is 17.9. The average Bonchev–Trinajstić information content (AvgIpc) is 2.83. The smallest absolute Gasteiger partial charge is 0.0379 e. The van der Waals surface area contributed by atoms with E-state index in [1.165, 1.54) is 21.7 Å². The van der Waals surface area contributed by atoms with Gasteiger partial charge in [-0.1, -0.05) is 42.8 Å². The van der Waals surface area contributed by atoms with Gasteiger partial charge in [-0.15, -0.1) is 0 Å². The molecule has 1 aliphatic rings. The molecule has 0 aromatic heterocycles. The summed E-state index contributed by atoms with van der Waals surface area (Å²) in [6.45, 7) is 8.82. The minimum absolute atomic E-state index is 0.488. The highest BCUT2D eigenvalue weighted by Gasteiger charge is 2.30. The molecular formula is C19H24N2S. The largest absolute Gasteiger partial charge is 0.382 e. The van der Waals surface area contributed by atoms with Gasteiger partial charge >= 0.3 is 0 Å². The Balaban J connectivity index is 1.75. The van der Waals surface area contributed by atoms with Gasteiger partial charge < -0.3 is 5.32 Å². The Bertz CT molecular complexity index is 627. The van der Waals surface area contributed by atoms with Crippen molar-refractivity contribution in [1.82, 2.24) is 4.31 Å². The Morgan fingerprint density at radius 3 is 2.64 bits per heavy atom. The van der Waals surface area contributed by atoms with Crippen LogP contribution >= 0.6 is 11.9 Å². The van der Waals surface area contributed by atoms with Crippen molar-refractivity contribution < 1.29 is 0 Å². The van der Waals surface area contributed by atoms with E-state index in [0.717, 1.165) is 13.1 Å². The molecule has 0 amide bonds. The van der Waals surface area contributed by atoms with Crippen LogP contribution in [0.1, 0.15) is 30.9 Å². The van der Waals surface area contributed by atoms with E-state index < -0.39 is 0 Å². The number of fused-ring (bicyclic) bond motifs is 1. The molecule has 0 radical (unpaired) electrons. The molecule has 3 heteroatoms. The van der Waals surface area contributed by atoms with Gasteiger partial charge in [0.25, 0.3) is 0 Å². The van der Waals surface area contributed by atoms with Crippen molar-refractivity contribution in [3.8, 4) is 0 Å². The third-order valence-electron chi connectivity index (χ3n) is 4.32. The van der Waals surface area contributed by atoms with Crippen molar-refractivity contribution in [3.63, 3.8) is 0 Å². The molecule has 0 spiro atoms. The lowest BCUT2D eigenvalue weighted by Gasteiger charge is -2.25. The molecule has 0 fully saturated rings. The van der Waals surface area contributed by atoms with Gasteiger partial charge in [-0.05, 0) is 49.6 Å². The van der Waals surface area contributed by atoms with Crippen LogP contribution < -0.4 is 5.32 Å². The molecule has 0 saturated heterocycles. The lowest BCUT2D eigenvalue weighted by molar-refractivity contribution is 0.433. The molecule has 2 aromatic rings. The Kier molecular flexibility index (Phi) is 4.74. The molecule has 2 aromatic carbocycles. The minimum atomic E-state index is 0.488. The molecule has 0 saturated carbocycles. The molecule has 116 valence electrons. The molecule has 2 nitrogen and oxygen atoms in total. The number of benzene rings is 2. The van der Waals surface area contributed by atoms with Crippen LogP contribution in [-0.4, -0.2) is 23.4 Å². The number of likely N-dealkylation sites (N-methyl/N-ethyl adjacent to an activating group) is 1. The zero-order chi connectivity index (χ0) is 15.5. The van der Waals surface area contributed by atoms with Gasteiger partial charge in [0.15, 0.2) is 0 Å². The van der Waals surface area contributed by atoms with Crippen LogP contribution in [0.25, 0.3) is 0 Å². The zero-order valence-electron chi connectivity index (χ0n) is 13.5. The lowest BCUT2D eigenvalue weighted by Crippen LogP contribution is -2.28. The van der Waals surface area contributed by atoms with Gasteiger partial charge in [0.2, 0.25) is 0 Å². The summed E-state index contributed by atoms with van der Waals surface area (Å²) >= 11 is 1.86. The highest BCUT2D eigenvalue weighted by Crippen LogP contribution is 2.38. The van der Waals surface area contributed by atoms with Crippen molar-refractivity contribution >= 4 is 17.6 Å². The second-order valence-corrected chi connectivity index (χ2v) is 7.19. The number of nitrogens with one attached hydrogen (secondary N) is 1. The van der Waals surface area contributed by atoms with E-state index in [9.17, 15) is 0 Å². The molecule has 1 heterocycles. The molecule has 1 aliphatic heterocycles. The Morgan fingerprint density at radius 2 is 1.91 bits per heavy atom. The SMILES string of the molecule is CCN(CC1c2cc(C)ccc2NC1C)Sc1ccccc1. The van der Waals surface area contributed by atoms with E-state index in [2.05, 4.69) is 78.9 Å². The maximum atomic E-state index is 3.63. The van der Waals surface area contributed by atoms with E-state index in [4.69, 9.17) is 0 Å². The molecule has 0 aliphatic carbocycles. The average molecular weight is 312 g/mol. The Morgan fingerprint density at radius 1 is 1.14 bits per heavy atom. The van der Waals surface area contributed by atoms with Crippen LogP contribution in [0.4, 0.5) is 5.69 Å². The monoisotopic (exact) mass is 312 g/mol. The molecular weight excluding hydrogens is 288 g/mol. The van der Waals surface area contributed by atoms with Gasteiger partial charge in [-0.3, -0.25) is 0 Å². The summed E-state index contributed by atoms with van der Waals surface area (Å²) in [5, 5.41) is 3.63. The van der Waals surface area contributed by atoms with Crippen LogP contribution in [0.15, 0.2) is 53.4 Å². The number of rotatable bonds is 5. The van der Waals surface area contributed by atoms with Crippen LogP contribution in [0.3, 0.4) is 0 Å². The first-order chi connectivity index (χ1) is 10.7. The van der Waals surface area contributed by atoms with E-state index in [0.29, 0.717) is 12.0 Å². The first kappa shape index (κ1) is 15.4. The van der Waals surface area contributed by atoms with Gasteiger partial charge in [0.05, 0.1) is 0 Å². The molecule has 1 N–H and O–H groups in total. The summed E-state index contributed by atoms with van der Waals surface area (Å²) in [4.78, 5) is 1.31. The van der Waals surface area contributed by atoms with E-state index in [1.807, 2.05) is 11.9 Å². The maximum absolute atomic E-state index is 3.63. The van der Waals surface area contributed by atoms with Crippen LogP contribution in [0.5, 0.6) is 0 Å². The zero-order valence-corrected chi connectivity index (χ0v) is 14.4.